The third kappa shape index (κ3) is 4.21. The summed E-state index contributed by atoms with van der Waals surface area (Å²) in [5.74, 6) is -0.187. The number of nitrogens with one attached hydrogen (secondary N) is 1. The van der Waals surface area contributed by atoms with E-state index in [4.69, 9.17) is 32.5 Å². The van der Waals surface area contributed by atoms with E-state index in [2.05, 4.69) is 20.7 Å². The van der Waals surface area contributed by atoms with Gasteiger partial charge in [-0.05, 0) is 19.1 Å². The van der Waals surface area contributed by atoms with Crippen LogP contribution in [0, 0.1) is 0 Å². The minimum atomic E-state index is -0.544. The zero-order valence-corrected chi connectivity index (χ0v) is 15.7. The van der Waals surface area contributed by atoms with E-state index >= 15 is 0 Å². The Kier molecular flexibility index (Phi) is 5.87. The molecule has 2 heterocycles. The summed E-state index contributed by atoms with van der Waals surface area (Å²) in [4.78, 5) is 15.9. The summed E-state index contributed by atoms with van der Waals surface area (Å²) in [5.41, 5.74) is 4.01. The van der Waals surface area contributed by atoms with Crippen molar-refractivity contribution in [3.05, 3.63) is 50.9 Å². The number of nitrogens with zero attached hydrogens (tertiary/aromatic N) is 3. The Balaban J connectivity index is 1.69. The molecule has 0 atom stereocenters. The lowest BCUT2D eigenvalue weighted by molar-refractivity contribution is 0.0514. The molecule has 0 spiro atoms. The maximum Gasteiger partial charge on any atom is 0.360 e. The maximum atomic E-state index is 11.6. The number of aromatic nitrogens is 2. The van der Waals surface area contributed by atoms with Crippen molar-refractivity contribution in [3.63, 3.8) is 0 Å². The van der Waals surface area contributed by atoms with Crippen LogP contribution in [0.25, 0.3) is 11.5 Å². The summed E-state index contributed by atoms with van der Waals surface area (Å²) in [6.45, 7) is 1.98. The summed E-state index contributed by atoms with van der Waals surface area (Å²) in [7, 11) is 0. The highest BCUT2D eigenvalue weighted by Gasteiger charge is 2.16. The van der Waals surface area contributed by atoms with Crippen molar-refractivity contribution in [2.75, 3.05) is 12.0 Å². The molecule has 134 valence electrons. The fraction of sp³-hybridized carbons (Fsp3) is 0.125. The Hall–Kier alpha value is -2.42. The molecule has 26 heavy (non-hydrogen) atoms. The highest BCUT2D eigenvalue weighted by atomic mass is 35.5. The number of anilines is 1. The van der Waals surface area contributed by atoms with E-state index in [1.807, 2.05) is 0 Å². The molecule has 0 fully saturated rings. The van der Waals surface area contributed by atoms with Gasteiger partial charge in [0.05, 0.1) is 22.9 Å². The standard InChI is InChI=1S/C16H12Cl2N4O3S/c1-2-24-15(23)12-6-14(25-22-12)13-8-26-16(20-13)21-19-7-9-10(17)4-3-5-11(9)18/h3-8H,2H2,1H3,(H,20,21)/b19-7+. The van der Waals surface area contributed by atoms with Crippen LogP contribution < -0.4 is 5.43 Å². The van der Waals surface area contributed by atoms with Gasteiger partial charge in [0.1, 0.15) is 5.69 Å². The number of hydrogen-bond acceptors (Lipinski definition) is 8. The molecule has 0 radical (unpaired) electrons. The molecule has 7 nitrogen and oxygen atoms in total. The van der Waals surface area contributed by atoms with Gasteiger partial charge in [-0.3, -0.25) is 5.43 Å². The van der Waals surface area contributed by atoms with E-state index in [0.717, 1.165) is 0 Å². The second-order valence-electron chi connectivity index (χ2n) is 4.84. The van der Waals surface area contributed by atoms with Gasteiger partial charge >= 0.3 is 5.97 Å². The second-order valence-corrected chi connectivity index (χ2v) is 6.51. The largest absolute Gasteiger partial charge is 0.461 e. The van der Waals surface area contributed by atoms with Gasteiger partial charge < -0.3 is 9.26 Å². The van der Waals surface area contributed by atoms with Crippen molar-refractivity contribution in [1.82, 2.24) is 10.1 Å². The van der Waals surface area contributed by atoms with E-state index in [0.29, 0.717) is 32.2 Å². The zero-order chi connectivity index (χ0) is 18.5. The van der Waals surface area contributed by atoms with Crippen LogP contribution in [-0.4, -0.2) is 28.9 Å². The van der Waals surface area contributed by atoms with Crippen LogP contribution in [0.4, 0.5) is 5.13 Å². The van der Waals surface area contributed by atoms with Crippen LogP contribution in [0.3, 0.4) is 0 Å². The fourth-order valence-electron chi connectivity index (χ4n) is 1.92. The summed E-state index contributed by atoms with van der Waals surface area (Å²) in [5, 5.41) is 11.0. The predicted molar refractivity (Wildman–Crippen MR) is 101 cm³/mol. The molecule has 0 saturated carbocycles. The molecule has 1 aromatic carbocycles. The number of halogens is 2. The van der Waals surface area contributed by atoms with Gasteiger partial charge in [0.25, 0.3) is 0 Å². The number of rotatable bonds is 6. The van der Waals surface area contributed by atoms with Crippen LogP contribution in [0.1, 0.15) is 23.0 Å². The first-order valence-electron chi connectivity index (χ1n) is 7.41. The molecule has 10 heteroatoms. The zero-order valence-electron chi connectivity index (χ0n) is 13.4. The van der Waals surface area contributed by atoms with E-state index in [1.165, 1.54) is 23.6 Å². The number of benzene rings is 1. The first-order valence-corrected chi connectivity index (χ1v) is 9.05. The topological polar surface area (TPSA) is 89.6 Å². The van der Waals surface area contributed by atoms with Gasteiger partial charge in [-0.25, -0.2) is 9.78 Å². The summed E-state index contributed by atoms with van der Waals surface area (Å²) in [6.07, 6.45) is 1.51. The number of thiazole rings is 1. The smallest absolute Gasteiger partial charge is 0.360 e. The monoisotopic (exact) mass is 410 g/mol. The molecule has 0 unspecified atom stereocenters. The first kappa shape index (κ1) is 18.4. The summed E-state index contributed by atoms with van der Waals surface area (Å²) in [6, 6.07) is 6.68. The molecule has 0 aliphatic rings. The number of ether oxygens (including phenoxy) is 1. The molecular weight excluding hydrogens is 399 g/mol. The van der Waals surface area contributed by atoms with E-state index in [9.17, 15) is 4.79 Å². The average molecular weight is 411 g/mol. The van der Waals surface area contributed by atoms with Crippen LogP contribution in [0.15, 0.2) is 39.3 Å². The molecule has 1 N–H and O–H groups in total. The highest BCUT2D eigenvalue weighted by Crippen LogP contribution is 2.26. The van der Waals surface area contributed by atoms with E-state index in [-0.39, 0.29) is 12.3 Å². The Morgan fingerprint density at radius 3 is 2.92 bits per heavy atom. The fourth-order valence-corrected chi connectivity index (χ4v) is 3.07. The average Bonchev–Trinajstić information content (AvgIpc) is 3.27. The molecule has 0 bridgehead atoms. The SMILES string of the molecule is CCOC(=O)c1cc(-c2csc(N/N=C/c3c(Cl)cccc3Cl)n2)on1. The maximum absolute atomic E-state index is 11.6. The molecule has 3 aromatic rings. The van der Waals surface area contributed by atoms with Crippen molar-refractivity contribution in [2.45, 2.75) is 6.92 Å². The van der Waals surface area contributed by atoms with Crippen LogP contribution >= 0.6 is 34.5 Å². The molecule has 0 amide bonds. The quantitative estimate of drug-likeness (QED) is 0.358. The molecule has 3 rings (SSSR count). The number of hydrogen-bond donors (Lipinski definition) is 1. The van der Waals surface area contributed by atoms with Gasteiger partial charge in [-0.1, -0.05) is 34.4 Å². The summed E-state index contributed by atoms with van der Waals surface area (Å²) >= 11 is 13.5. The molecular formula is C16H12Cl2N4O3S. The minimum Gasteiger partial charge on any atom is -0.461 e. The Bertz CT molecular complexity index is 934. The molecule has 0 saturated heterocycles. The Morgan fingerprint density at radius 2 is 2.19 bits per heavy atom. The highest BCUT2D eigenvalue weighted by molar-refractivity contribution is 7.14. The van der Waals surface area contributed by atoms with Crippen molar-refractivity contribution in [3.8, 4) is 11.5 Å². The molecule has 0 aliphatic heterocycles. The van der Waals surface area contributed by atoms with Crippen molar-refractivity contribution >= 4 is 51.9 Å². The lowest BCUT2D eigenvalue weighted by Gasteiger charge is -2.00. The molecule has 0 aliphatic carbocycles. The minimum absolute atomic E-state index is 0.0933. The second kappa shape index (κ2) is 8.31. The van der Waals surface area contributed by atoms with Gasteiger partial charge in [0.15, 0.2) is 11.5 Å². The van der Waals surface area contributed by atoms with Crippen molar-refractivity contribution < 1.29 is 14.1 Å². The van der Waals surface area contributed by atoms with Gasteiger partial charge in [0.2, 0.25) is 5.13 Å². The van der Waals surface area contributed by atoms with Crippen LogP contribution in [0.2, 0.25) is 10.0 Å². The normalized spacial score (nSPS) is 11.0. The molecule has 2 aromatic heterocycles. The number of carbonyl (C=O) groups excluding carboxylic acids is 1. The summed E-state index contributed by atoms with van der Waals surface area (Å²) < 4.78 is 9.99. The third-order valence-electron chi connectivity index (χ3n) is 3.10. The van der Waals surface area contributed by atoms with Crippen LogP contribution in [0.5, 0.6) is 0 Å². The Morgan fingerprint density at radius 1 is 1.42 bits per heavy atom. The van der Waals surface area contributed by atoms with E-state index in [1.54, 1.807) is 30.5 Å². The first-order chi connectivity index (χ1) is 12.6. The van der Waals surface area contributed by atoms with Gasteiger partial charge in [0, 0.05) is 17.0 Å². The lowest BCUT2D eigenvalue weighted by atomic mass is 10.2. The van der Waals surface area contributed by atoms with Gasteiger partial charge in [-0.2, -0.15) is 5.10 Å². The van der Waals surface area contributed by atoms with E-state index < -0.39 is 5.97 Å². The van der Waals surface area contributed by atoms with Crippen LogP contribution in [-0.2, 0) is 4.74 Å². The third-order valence-corrected chi connectivity index (χ3v) is 4.51. The lowest BCUT2D eigenvalue weighted by Crippen LogP contribution is -2.04. The predicted octanol–water partition coefficient (Wildman–Crippen LogP) is 4.73. The number of carbonyl (C=O) groups is 1. The number of hydrazone groups is 1. The van der Waals surface area contributed by atoms with Crippen molar-refractivity contribution in [2.24, 2.45) is 5.10 Å². The van der Waals surface area contributed by atoms with Gasteiger partial charge in [-0.15, -0.1) is 11.3 Å². The number of esters is 1. The van der Waals surface area contributed by atoms with Crippen molar-refractivity contribution in [1.29, 1.82) is 0 Å². The Labute approximate surface area is 162 Å².